The van der Waals surface area contributed by atoms with Crippen LogP contribution in [0.15, 0.2) is 48.5 Å². The van der Waals surface area contributed by atoms with Crippen LogP contribution in [0.25, 0.3) is 0 Å². The topological polar surface area (TPSA) is 65.3 Å². The first-order chi connectivity index (χ1) is 11.2. The van der Waals surface area contributed by atoms with Gasteiger partial charge in [0.25, 0.3) is 0 Å². The van der Waals surface area contributed by atoms with Gasteiger partial charge in [0.05, 0.1) is 18.2 Å². The number of benzene rings is 2. The average molecular weight is 310 g/mol. The van der Waals surface area contributed by atoms with Gasteiger partial charge >= 0.3 is 0 Å². The number of aliphatic hydroxyl groups is 1. The maximum atomic E-state index is 9.20. The highest BCUT2D eigenvalue weighted by molar-refractivity contribution is 5.33. The summed E-state index contributed by atoms with van der Waals surface area (Å²) in [4.78, 5) is 0. The zero-order valence-corrected chi connectivity index (χ0v) is 13.3. The molecule has 0 aliphatic carbocycles. The zero-order valence-electron chi connectivity index (χ0n) is 13.3. The van der Waals surface area contributed by atoms with Crippen molar-refractivity contribution in [3.63, 3.8) is 0 Å². The molecular formula is C19H22N2O2. The number of nitriles is 1. The van der Waals surface area contributed by atoms with Gasteiger partial charge in [-0.2, -0.15) is 5.26 Å². The molecule has 0 bridgehead atoms. The third-order valence-corrected chi connectivity index (χ3v) is 3.67. The molecule has 0 saturated heterocycles. The Labute approximate surface area is 137 Å². The molecule has 0 saturated carbocycles. The number of nitrogens with one attached hydrogen (secondary N) is 1. The normalized spacial score (nSPS) is 11.7. The molecule has 120 valence electrons. The van der Waals surface area contributed by atoms with Gasteiger partial charge in [0.2, 0.25) is 0 Å². The summed E-state index contributed by atoms with van der Waals surface area (Å²) in [6.45, 7) is 3.31. The van der Waals surface area contributed by atoms with E-state index in [9.17, 15) is 5.11 Å². The Morgan fingerprint density at radius 1 is 1.17 bits per heavy atom. The smallest absolute Gasteiger partial charge is 0.120 e. The van der Waals surface area contributed by atoms with E-state index in [0.29, 0.717) is 18.7 Å². The molecule has 0 radical (unpaired) electrons. The number of hydrogen-bond acceptors (Lipinski definition) is 4. The molecule has 0 spiro atoms. The van der Waals surface area contributed by atoms with Crippen molar-refractivity contribution in [2.24, 2.45) is 0 Å². The zero-order chi connectivity index (χ0) is 16.5. The molecule has 2 N–H and O–H groups in total. The van der Waals surface area contributed by atoms with Gasteiger partial charge in [-0.3, -0.25) is 0 Å². The molecule has 0 aliphatic heterocycles. The molecule has 4 heteroatoms. The highest BCUT2D eigenvalue weighted by Crippen LogP contribution is 2.16. The highest BCUT2D eigenvalue weighted by atomic mass is 16.5. The number of rotatable bonds is 8. The SMILES string of the molecule is CCC(CO)NCc1cccc(OCc2cccc(C#N)c2)c1. The van der Waals surface area contributed by atoms with Crippen LogP contribution in [0, 0.1) is 11.3 Å². The van der Waals surface area contributed by atoms with E-state index in [1.54, 1.807) is 6.07 Å². The molecule has 2 aromatic rings. The first-order valence-electron chi connectivity index (χ1n) is 7.80. The number of nitrogens with zero attached hydrogens (tertiary/aromatic N) is 1. The Kier molecular flexibility index (Phi) is 6.61. The monoisotopic (exact) mass is 310 g/mol. The van der Waals surface area contributed by atoms with Crippen molar-refractivity contribution in [3.05, 3.63) is 65.2 Å². The molecule has 0 heterocycles. The van der Waals surface area contributed by atoms with Crippen LogP contribution < -0.4 is 10.1 Å². The average Bonchev–Trinajstić information content (AvgIpc) is 2.61. The van der Waals surface area contributed by atoms with Gasteiger partial charge in [-0.1, -0.05) is 31.2 Å². The van der Waals surface area contributed by atoms with Crippen LogP contribution in [0.3, 0.4) is 0 Å². The minimum Gasteiger partial charge on any atom is -0.489 e. The second-order valence-electron chi connectivity index (χ2n) is 5.42. The predicted molar refractivity (Wildman–Crippen MR) is 89.9 cm³/mol. The summed E-state index contributed by atoms with van der Waals surface area (Å²) in [6.07, 6.45) is 0.891. The van der Waals surface area contributed by atoms with Crippen molar-refractivity contribution in [1.29, 1.82) is 5.26 Å². The first kappa shape index (κ1) is 17.0. The van der Waals surface area contributed by atoms with Gasteiger partial charge in [0.15, 0.2) is 0 Å². The number of aliphatic hydroxyl groups excluding tert-OH is 1. The Balaban J connectivity index is 1.93. The van der Waals surface area contributed by atoms with E-state index in [1.807, 2.05) is 49.4 Å². The Morgan fingerprint density at radius 2 is 1.96 bits per heavy atom. The summed E-state index contributed by atoms with van der Waals surface area (Å²) in [6, 6.07) is 17.6. The van der Waals surface area contributed by atoms with Gasteiger partial charge < -0.3 is 15.2 Å². The summed E-state index contributed by atoms with van der Waals surface area (Å²) >= 11 is 0. The van der Waals surface area contributed by atoms with E-state index in [0.717, 1.165) is 23.3 Å². The van der Waals surface area contributed by atoms with Crippen molar-refractivity contribution >= 4 is 0 Å². The maximum absolute atomic E-state index is 9.20. The van der Waals surface area contributed by atoms with E-state index in [4.69, 9.17) is 10.00 Å². The standard InChI is InChI=1S/C19H22N2O2/c1-2-18(13-22)21-12-16-6-4-8-19(10-16)23-14-17-7-3-5-15(9-17)11-20/h3-10,18,21-22H,2,12-14H2,1H3. The highest BCUT2D eigenvalue weighted by Gasteiger charge is 2.04. The van der Waals surface area contributed by atoms with Crippen molar-refractivity contribution in [3.8, 4) is 11.8 Å². The lowest BCUT2D eigenvalue weighted by molar-refractivity contribution is 0.238. The molecule has 2 rings (SSSR count). The van der Waals surface area contributed by atoms with E-state index in [1.165, 1.54) is 0 Å². The molecule has 0 fully saturated rings. The molecule has 23 heavy (non-hydrogen) atoms. The lowest BCUT2D eigenvalue weighted by Crippen LogP contribution is -2.31. The molecule has 0 aromatic heterocycles. The predicted octanol–water partition coefficient (Wildman–Crippen LogP) is 3.00. The van der Waals surface area contributed by atoms with Gasteiger partial charge in [-0.15, -0.1) is 0 Å². The van der Waals surface area contributed by atoms with Crippen LogP contribution in [-0.2, 0) is 13.2 Å². The van der Waals surface area contributed by atoms with Crippen molar-refractivity contribution in [1.82, 2.24) is 5.32 Å². The first-order valence-corrected chi connectivity index (χ1v) is 7.80. The van der Waals surface area contributed by atoms with Gasteiger partial charge in [0, 0.05) is 12.6 Å². The third-order valence-electron chi connectivity index (χ3n) is 3.67. The van der Waals surface area contributed by atoms with Gasteiger partial charge in [0.1, 0.15) is 12.4 Å². The van der Waals surface area contributed by atoms with E-state index in [-0.39, 0.29) is 12.6 Å². The number of ether oxygens (including phenoxy) is 1. The fourth-order valence-electron chi connectivity index (χ4n) is 2.24. The molecule has 0 aliphatic rings. The second-order valence-corrected chi connectivity index (χ2v) is 5.42. The van der Waals surface area contributed by atoms with Crippen LogP contribution >= 0.6 is 0 Å². The van der Waals surface area contributed by atoms with E-state index < -0.39 is 0 Å². The Bertz CT molecular complexity index is 660. The fraction of sp³-hybridized carbons (Fsp3) is 0.316. The quantitative estimate of drug-likeness (QED) is 0.786. The number of hydrogen-bond donors (Lipinski definition) is 2. The van der Waals surface area contributed by atoms with Crippen LogP contribution in [0.4, 0.5) is 0 Å². The molecule has 1 atom stereocenters. The molecular weight excluding hydrogens is 288 g/mol. The molecule has 4 nitrogen and oxygen atoms in total. The van der Waals surface area contributed by atoms with E-state index in [2.05, 4.69) is 11.4 Å². The Morgan fingerprint density at radius 3 is 2.70 bits per heavy atom. The largest absolute Gasteiger partial charge is 0.489 e. The minimum atomic E-state index is 0.119. The second kappa shape index (κ2) is 8.94. The summed E-state index contributed by atoms with van der Waals surface area (Å²) < 4.78 is 5.81. The maximum Gasteiger partial charge on any atom is 0.120 e. The molecule has 0 amide bonds. The molecule has 1 unspecified atom stereocenters. The minimum absolute atomic E-state index is 0.119. The summed E-state index contributed by atoms with van der Waals surface area (Å²) in [5.74, 6) is 0.795. The van der Waals surface area contributed by atoms with Crippen molar-refractivity contribution < 1.29 is 9.84 Å². The van der Waals surface area contributed by atoms with E-state index >= 15 is 0 Å². The summed E-state index contributed by atoms with van der Waals surface area (Å²) in [5.41, 5.74) is 2.72. The van der Waals surface area contributed by atoms with Crippen LogP contribution in [0.5, 0.6) is 5.75 Å². The van der Waals surface area contributed by atoms with Crippen molar-refractivity contribution in [2.45, 2.75) is 32.5 Å². The Hall–Kier alpha value is -2.35. The summed E-state index contributed by atoms with van der Waals surface area (Å²) in [5, 5.41) is 21.4. The van der Waals surface area contributed by atoms with Gasteiger partial charge in [-0.25, -0.2) is 0 Å². The summed E-state index contributed by atoms with van der Waals surface area (Å²) in [7, 11) is 0. The molecule has 2 aromatic carbocycles. The third kappa shape index (κ3) is 5.41. The lowest BCUT2D eigenvalue weighted by Gasteiger charge is -2.14. The van der Waals surface area contributed by atoms with Crippen LogP contribution in [0.2, 0.25) is 0 Å². The lowest BCUT2D eigenvalue weighted by atomic mass is 10.1. The van der Waals surface area contributed by atoms with Gasteiger partial charge in [-0.05, 0) is 41.8 Å². The van der Waals surface area contributed by atoms with Crippen LogP contribution in [0.1, 0.15) is 30.0 Å². The fourth-order valence-corrected chi connectivity index (χ4v) is 2.24. The van der Waals surface area contributed by atoms with Crippen molar-refractivity contribution in [2.75, 3.05) is 6.61 Å². The van der Waals surface area contributed by atoms with Crippen LogP contribution in [-0.4, -0.2) is 17.8 Å².